The summed E-state index contributed by atoms with van der Waals surface area (Å²) in [7, 11) is 3.31. The van der Waals surface area contributed by atoms with E-state index in [0.717, 1.165) is 18.2 Å². The maximum Gasteiger partial charge on any atom is 0.311 e. The molecule has 0 heterocycles. The molecule has 0 bridgehead atoms. The molecule has 2 aromatic rings. The first-order valence-corrected chi connectivity index (χ1v) is 6.76. The number of benzene rings is 2. The maximum absolute atomic E-state index is 13.2. The van der Waals surface area contributed by atoms with Crippen LogP contribution in [0.2, 0.25) is 0 Å². The Labute approximate surface area is 132 Å². The van der Waals surface area contributed by atoms with Crippen molar-refractivity contribution in [3.8, 4) is 5.75 Å². The highest BCUT2D eigenvalue weighted by atomic mass is 19.1. The summed E-state index contributed by atoms with van der Waals surface area (Å²) in [5.41, 5.74) is 0.931. The van der Waals surface area contributed by atoms with Gasteiger partial charge in [-0.05, 0) is 23.8 Å². The normalized spacial score (nSPS) is 10.2. The summed E-state index contributed by atoms with van der Waals surface area (Å²) >= 11 is 0. The van der Waals surface area contributed by atoms with Crippen molar-refractivity contribution in [2.75, 3.05) is 14.1 Å². The number of nitrogens with zero attached hydrogens (tertiary/aromatic N) is 2. The fourth-order valence-electron chi connectivity index (χ4n) is 1.92. The highest BCUT2D eigenvalue weighted by Crippen LogP contribution is 2.28. The molecule has 0 atom stereocenters. The lowest BCUT2D eigenvalue weighted by Crippen LogP contribution is -2.21. The topological polar surface area (TPSA) is 72.7 Å². The minimum Gasteiger partial charge on any atom is -0.482 e. The van der Waals surface area contributed by atoms with Crippen LogP contribution in [0.15, 0.2) is 42.5 Å². The average Bonchev–Trinajstić information content (AvgIpc) is 2.52. The quantitative estimate of drug-likeness (QED) is 0.627. The second kappa shape index (κ2) is 6.87. The second-order valence-corrected chi connectivity index (χ2v) is 5.05. The summed E-state index contributed by atoms with van der Waals surface area (Å²) in [4.78, 5) is 23.5. The molecule has 2 aromatic carbocycles. The molecule has 2 rings (SSSR count). The standard InChI is InChI=1S/C16H15FN2O4/c1-18(2)16(20)12-5-3-11(4-6-12)10-23-15-9-13(17)7-8-14(15)19(21)22/h3-9H,10H2,1-2H3. The first-order valence-electron chi connectivity index (χ1n) is 6.76. The number of rotatable bonds is 5. The lowest BCUT2D eigenvalue weighted by molar-refractivity contribution is -0.386. The smallest absolute Gasteiger partial charge is 0.311 e. The molecule has 0 aliphatic rings. The molecule has 7 heteroatoms. The lowest BCUT2D eigenvalue weighted by atomic mass is 10.1. The summed E-state index contributed by atoms with van der Waals surface area (Å²) in [6, 6.07) is 9.68. The van der Waals surface area contributed by atoms with Crippen molar-refractivity contribution in [2.45, 2.75) is 6.61 Å². The third-order valence-corrected chi connectivity index (χ3v) is 3.12. The fourth-order valence-corrected chi connectivity index (χ4v) is 1.92. The minimum atomic E-state index is -0.631. The van der Waals surface area contributed by atoms with Crippen LogP contribution in [0, 0.1) is 15.9 Å². The highest BCUT2D eigenvalue weighted by molar-refractivity contribution is 5.93. The minimum absolute atomic E-state index is 0.0285. The zero-order chi connectivity index (χ0) is 17.0. The van der Waals surface area contributed by atoms with Crippen molar-refractivity contribution in [1.29, 1.82) is 0 Å². The largest absolute Gasteiger partial charge is 0.482 e. The summed E-state index contributed by atoms with van der Waals surface area (Å²) < 4.78 is 18.5. The van der Waals surface area contributed by atoms with E-state index >= 15 is 0 Å². The van der Waals surface area contributed by atoms with E-state index < -0.39 is 10.7 Å². The highest BCUT2D eigenvalue weighted by Gasteiger charge is 2.16. The number of hydrogen-bond acceptors (Lipinski definition) is 4. The average molecular weight is 318 g/mol. The van der Waals surface area contributed by atoms with E-state index in [1.54, 1.807) is 38.4 Å². The van der Waals surface area contributed by atoms with Gasteiger partial charge < -0.3 is 9.64 Å². The van der Waals surface area contributed by atoms with Gasteiger partial charge in [0.1, 0.15) is 12.4 Å². The molecular weight excluding hydrogens is 303 g/mol. The van der Waals surface area contributed by atoms with E-state index in [9.17, 15) is 19.3 Å². The summed E-state index contributed by atoms with van der Waals surface area (Å²) in [5, 5.41) is 10.9. The molecule has 0 radical (unpaired) electrons. The number of nitro benzene ring substituents is 1. The van der Waals surface area contributed by atoms with Gasteiger partial charge in [0.05, 0.1) is 4.92 Å². The van der Waals surface area contributed by atoms with Gasteiger partial charge >= 0.3 is 5.69 Å². The zero-order valence-electron chi connectivity index (χ0n) is 12.7. The molecule has 6 nitrogen and oxygen atoms in total. The molecule has 0 aromatic heterocycles. The number of hydrogen-bond donors (Lipinski definition) is 0. The van der Waals surface area contributed by atoms with Crippen LogP contribution in [-0.2, 0) is 6.61 Å². The Hall–Kier alpha value is -2.96. The number of ether oxygens (including phenoxy) is 1. The van der Waals surface area contributed by atoms with Gasteiger partial charge in [0.25, 0.3) is 5.91 Å². The Morgan fingerprint density at radius 2 is 1.87 bits per heavy atom. The van der Waals surface area contributed by atoms with E-state index in [0.29, 0.717) is 11.1 Å². The van der Waals surface area contributed by atoms with Crippen molar-refractivity contribution in [3.05, 3.63) is 69.5 Å². The van der Waals surface area contributed by atoms with E-state index in [4.69, 9.17) is 4.74 Å². The predicted molar refractivity (Wildman–Crippen MR) is 81.8 cm³/mol. The molecule has 0 saturated heterocycles. The van der Waals surface area contributed by atoms with Crippen molar-refractivity contribution >= 4 is 11.6 Å². The number of nitro groups is 1. The van der Waals surface area contributed by atoms with Crippen LogP contribution in [0.3, 0.4) is 0 Å². The van der Waals surface area contributed by atoms with Crippen LogP contribution in [0.5, 0.6) is 5.75 Å². The van der Waals surface area contributed by atoms with E-state index in [2.05, 4.69) is 0 Å². The van der Waals surface area contributed by atoms with E-state index in [1.165, 1.54) is 4.90 Å². The number of amides is 1. The summed E-state index contributed by atoms with van der Waals surface area (Å²) in [6.45, 7) is 0.0285. The molecule has 120 valence electrons. The van der Waals surface area contributed by atoms with Gasteiger partial charge in [-0.3, -0.25) is 14.9 Å². The molecule has 0 fully saturated rings. The molecular formula is C16H15FN2O4. The third-order valence-electron chi connectivity index (χ3n) is 3.12. The predicted octanol–water partition coefficient (Wildman–Crippen LogP) is 3.01. The van der Waals surface area contributed by atoms with Crippen molar-refractivity contribution in [3.63, 3.8) is 0 Å². The molecule has 0 aliphatic heterocycles. The number of carbonyl (C=O) groups excluding carboxylic acids is 1. The van der Waals surface area contributed by atoms with Crippen LogP contribution >= 0.6 is 0 Å². The molecule has 1 amide bonds. The van der Waals surface area contributed by atoms with Gasteiger partial charge in [0.2, 0.25) is 0 Å². The van der Waals surface area contributed by atoms with Crippen molar-refractivity contribution < 1.29 is 18.8 Å². The molecule has 0 N–H and O–H groups in total. The van der Waals surface area contributed by atoms with Gasteiger partial charge in [0.15, 0.2) is 5.75 Å². The monoisotopic (exact) mass is 318 g/mol. The Balaban J connectivity index is 2.11. The van der Waals surface area contributed by atoms with Gasteiger partial charge in [-0.25, -0.2) is 4.39 Å². The van der Waals surface area contributed by atoms with E-state index in [-0.39, 0.29) is 24.0 Å². The molecule has 0 aliphatic carbocycles. The molecule has 0 spiro atoms. The van der Waals surface area contributed by atoms with Crippen molar-refractivity contribution in [1.82, 2.24) is 4.90 Å². The first-order chi connectivity index (χ1) is 10.9. The molecule has 23 heavy (non-hydrogen) atoms. The number of halogens is 1. The Morgan fingerprint density at radius 3 is 2.43 bits per heavy atom. The van der Waals surface area contributed by atoms with Gasteiger partial charge in [0, 0.05) is 31.8 Å². The zero-order valence-corrected chi connectivity index (χ0v) is 12.7. The van der Waals surface area contributed by atoms with Gasteiger partial charge in [-0.15, -0.1) is 0 Å². The molecule has 0 saturated carbocycles. The SMILES string of the molecule is CN(C)C(=O)c1ccc(COc2cc(F)ccc2[N+](=O)[O-])cc1. The van der Waals surface area contributed by atoms with Crippen LogP contribution in [0.4, 0.5) is 10.1 Å². The van der Waals surface area contributed by atoms with Gasteiger partial charge in [-0.1, -0.05) is 12.1 Å². The van der Waals surface area contributed by atoms with E-state index in [1.807, 2.05) is 0 Å². The van der Waals surface area contributed by atoms with Crippen LogP contribution in [0.25, 0.3) is 0 Å². The lowest BCUT2D eigenvalue weighted by Gasteiger charge is -2.11. The maximum atomic E-state index is 13.2. The Bertz CT molecular complexity index is 729. The first kappa shape index (κ1) is 16.4. The van der Waals surface area contributed by atoms with Gasteiger partial charge in [-0.2, -0.15) is 0 Å². The van der Waals surface area contributed by atoms with Crippen LogP contribution in [-0.4, -0.2) is 29.8 Å². The summed E-state index contributed by atoms with van der Waals surface area (Å²) in [6.07, 6.45) is 0. The fraction of sp³-hybridized carbons (Fsp3) is 0.188. The Morgan fingerprint density at radius 1 is 1.22 bits per heavy atom. The third kappa shape index (κ3) is 4.03. The van der Waals surface area contributed by atoms with Crippen LogP contribution in [0.1, 0.15) is 15.9 Å². The molecule has 0 unspecified atom stereocenters. The Kier molecular flexibility index (Phi) is 4.90. The van der Waals surface area contributed by atoms with Crippen molar-refractivity contribution in [2.24, 2.45) is 0 Å². The van der Waals surface area contributed by atoms with Crippen LogP contribution < -0.4 is 4.74 Å². The summed E-state index contributed by atoms with van der Waals surface area (Å²) in [5.74, 6) is -0.876. The second-order valence-electron chi connectivity index (χ2n) is 5.05. The number of carbonyl (C=O) groups is 1.